The number of carbonyl (C=O) groups is 1. The lowest BCUT2D eigenvalue weighted by Crippen LogP contribution is -2.48. The number of nitrogens with zero attached hydrogens (tertiary/aromatic N) is 2. The van der Waals surface area contributed by atoms with Crippen LogP contribution < -0.4 is 4.90 Å². The van der Waals surface area contributed by atoms with E-state index in [9.17, 15) is 4.79 Å². The maximum absolute atomic E-state index is 12.7. The van der Waals surface area contributed by atoms with Crippen LogP contribution in [-0.2, 0) is 4.79 Å². The van der Waals surface area contributed by atoms with E-state index in [-0.39, 0.29) is 5.91 Å². The third kappa shape index (κ3) is 5.93. The zero-order valence-corrected chi connectivity index (χ0v) is 18.3. The van der Waals surface area contributed by atoms with Gasteiger partial charge >= 0.3 is 0 Å². The molecule has 0 radical (unpaired) electrons. The van der Waals surface area contributed by atoms with Crippen LogP contribution in [0.2, 0.25) is 0 Å². The van der Waals surface area contributed by atoms with Crippen molar-refractivity contribution in [1.29, 1.82) is 0 Å². The smallest absolute Gasteiger partial charge is 0.226 e. The third-order valence-corrected chi connectivity index (χ3v) is 6.03. The molecule has 0 aromatic heterocycles. The predicted octanol–water partition coefficient (Wildman–Crippen LogP) is 5.72. The van der Waals surface area contributed by atoms with E-state index in [1.165, 1.54) is 12.0 Å². The fourth-order valence-electron chi connectivity index (χ4n) is 4.60. The lowest BCUT2D eigenvalue weighted by Gasteiger charge is -2.40. The minimum Gasteiger partial charge on any atom is -0.309 e. The van der Waals surface area contributed by atoms with Crippen molar-refractivity contribution in [2.45, 2.75) is 58.4 Å². The van der Waals surface area contributed by atoms with E-state index in [2.05, 4.69) is 66.1 Å². The lowest BCUT2D eigenvalue weighted by molar-refractivity contribution is -0.119. The maximum Gasteiger partial charge on any atom is 0.226 e. The summed E-state index contributed by atoms with van der Waals surface area (Å²) in [4.78, 5) is 17.4. The standard InChI is InChI=1S/C26H36N2O/c1-4-26(29)28(24-13-9-6-10-14-24)25-15-17-27(18-16-25)20-23(19-21(2)3)22-11-7-5-8-12-22/h5-14,21,23,25H,4,15-20H2,1-3H3. The van der Waals surface area contributed by atoms with Gasteiger partial charge in [-0.15, -0.1) is 0 Å². The Labute approximate surface area is 176 Å². The van der Waals surface area contributed by atoms with E-state index in [1.807, 2.05) is 25.1 Å². The van der Waals surface area contributed by atoms with Gasteiger partial charge in [-0.05, 0) is 48.8 Å². The number of para-hydroxylation sites is 1. The minimum atomic E-state index is 0.233. The maximum atomic E-state index is 12.7. The van der Waals surface area contributed by atoms with Gasteiger partial charge in [-0.25, -0.2) is 0 Å². The van der Waals surface area contributed by atoms with Gasteiger partial charge in [0.15, 0.2) is 0 Å². The van der Waals surface area contributed by atoms with E-state index in [0.29, 0.717) is 24.3 Å². The molecule has 1 unspecified atom stereocenters. The molecule has 29 heavy (non-hydrogen) atoms. The topological polar surface area (TPSA) is 23.6 Å². The Morgan fingerprint density at radius 3 is 2.14 bits per heavy atom. The second-order valence-corrected chi connectivity index (χ2v) is 8.72. The highest BCUT2D eigenvalue weighted by Crippen LogP contribution is 2.28. The molecule has 1 saturated heterocycles. The van der Waals surface area contributed by atoms with Crippen LogP contribution in [0.15, 0.2) is 60.7 Å². The fourth-order valence-corrected chi connectivity index (χ4v) is 4.60. The number of carbonyl (C=O) groups excluding carboxylic acids is 1. The van der Waals surface area contributed by atoms with Crippen molar-refractivity contribution in [3.05, 3.63) is 66.2 Å². The molecule has 0 aliphatic carbocycles. The summed E-state index contributed by atoms with van der Waals surface area (Å²) in [5, 5.41) is 0. The van der Waals surface area contributed by atoms with Gasteiger partial charge in [-0.2, -0.15) is 0 Å². The summed E-state index contributed by atoms with van der Waals surface area (Å²) in [6.45, 7) is 9.83. The van der Waals surface area contributed by atoms with Gasteiger partial charge in [0.2, 0.25) is 5.91 Å². The fraction of sp³-hybridized carbons (Fsp3) is 0.500. The van der Waals surface area contributed by atoms with Gasteiger partial charge in [0.1, 0.15) is 0 Å². The van der Waals surface area contributed by atoms with Gasteiger partial charge in [-0.1, -0.05) is 69.3 Å². The minimum absolute atomic E-state index is 0.233. The molecular weight excluding hydrogens is 356 g/mol. The molecule has 156 valence electrons. The van der Waals surface area contributed by atoms with Crippen LogP contribution in [0.25, 0.3) is 0 Å². The molecule has 1 aliphatic rings. The quantitative estimate of drug-likeness (QED) is 0.573. The number of benzene rings is 2. The molecule has 1 fully saturated rings. The first-order valence-electron chi connectivity index (χ1n) is 11.2. The molecule has 3 rings (SSSR count). The van der Waals surface area contributed by atoms with Crippen molar-refractivity contribution in [2.75, 3.05) is 24.5 Å². The molecule has 3 heteroatoms. The van der Waals surface area contributed by atoms with E-state index >= 15 is 0 Å². The van der Waals surface area contributed by atoms with Crippen LogP contribution in [-0.4, -0.2) is 36.5 Å². The molecular formula is C26H36N2O. The van der Waals surface area contributed by atoms with E-state index in [0.717, 1.165) is 38.2 Å². The molecule has 1 heterocycles. The highest BCUT2D eigenvalue weighted by Gasteiger charge is 2.29. The van der Waals surface area contributed by atoms with Gasteiger partial charge in [0.25, 0.3) is 0 Å². The number of piperidine rings is 1. The number of hydrogen-bond acceptors (Lipinski definition) is 2. The van der Waals surface area contributed by atoms with Crippen molar-refractivity contribution < 1.29 is 4.79 Å². The SMILES string of the molecule is CCC(=O)N(c1ccccc1)C1CCN(CC(CC(C)C)c2ccccc2)CC1. The molecule has 0 bridgehead atoms. The number of hydrogen-bond donors (Lipinski definition) is 0. The lowest BCUT2D eigenvalue weighted by atomic mass is 9.89. The van der Waals surface area contributed by atoms with Crippen LogP contribution in [0.5, 0.6) is 0 Å². The second-order valence-electron chi connectivity index (χ2n) is 8.72. The molecule has 1 aliphatic heterocycles. The van der Waals surface area contributed by atoms with Gasteiger partial charge in [-0.3, -0.25) is 4.79 Å². The highest BCUT2D eigenvalue weighted by atomic mass is 16.2. The Kier molecular flexibility index (Phi) is 7.88. The Bertz CT molecular complexity index is 736. The summed E-state index contributed by atoms with van der Waals surface area (Å²) in [5.41, 5.74) is 2.50. The van der Waals surface area contributed by atoms with E-state index in [4.69, 9.17) is 0 Å². The van der Waals surface area contributed by atoms with Crippen molar-refractivity contribution in [3.63, 3.8) is 0 Å². The van der Waals surface area contributed by atoms with Crippen LogP contribution in [0, 0.1) is 5.92 Å². The Hall–Kier alpha value is -2.13. The van der Waals surface area contributed by atoms with Crippen molar-refractivity contribution in [3.8, 4) is 0 Å². The van der Waals surface area contributed by atoms with Gasteiger partial charge < -0.3 is 9.80 Å². The number of amides is 1. The normalized spacial score (nSPS) is 16.7. The summed E-state index contributed by atoms with van der Waals surface area (Å²) < 4.78 is 0. The Balaban J connectivity index is 1.64. The third-order valence-electron chi connectivity index (χ3n) is 6.03. The van der Waals surface area contributed by atoms with E-state index < -0.39 is 0 Å². The molecule has 2 aromatic rings. The van der Waals surface area contributed by atoms with Crippen molar-refractivity contribution in [2.24, 2.45) is 5.92 Å². The van der Waals surface area contributed by atoms with Crippen molar-refractivity contribution >= 4 is 11.6 Å². The zero-order valence-electron chi connectivity index (χ0n) is 18.3. The second kappa shape index (κ2) is 10.6. The van der Waals surface area contributed by atoms with Crippen LogP contribution in [0.4, 0.5) is 5.69 Å². The van der Waals surface area contributed by atoms with Gasteiger partial charge in [0, 0.05) is 37.8 Å². The van der Waals surface area contributed by atoms with Crippen molar-refractivity contribution in [1.82, 2.24) is 4.90 Å². The summed E-state index contributed by atoms with van der Waals surface area (Å²) in [6.07, 6.45) is 3.86. The molecule has 0 saturated carbocycles. The first kappa shape index (κ1) is 21.6. The van der Waals surface area contributed by atoms with Crippen LogP contribution in [0.3, 0.4) is 0 Å². The monoisotopic (exact) mass is 392 g/mol. The molecule has 0 spiro atoms. The molecule has 1 atom stereocenters. The summed E-state index contributed by atoms with van der Waals surface area (Å²) >= 11 is 0. The summed E-state index contributed by atoms with van der Waals surface area (Å²) in [5.74, 6) is 1.50. The van der Waals surface area contributed by atoms with Crippen LogP contribution in [0.1, 0.15) is 57.9 Å². The molecule has 1 amide bonds. The van der Waals surface area contributed by atoms with Crippen LogP contribution >= 0.6 is 0 Å². The highest BCUT2D eigenvalue weighted by molar-refractivity contribution is 5.93. The number of likely N-dealkylation sites (tertiary alicyclic amines) is 1. The average molecular weight is 393 g/mol. The first-order chi connectivity index (χ1) is 14.1. The van der Waals surface area contributed by atoms with Gasteiger partial charge in [0.05, 0.1) is 0 Å². The number of rotatable bonds is 8. The zero-order chi connectivity index (χ0) is 20.6. The molecule has 2 aromatic carbocycles. The largest absolute Gasteiger partial charge is 0.309 e. The average Bonchev–Trinajstić information content (AvgIpc) is 2.75. The molecule has 3 nitrogen and oxygen atoms in total. The number of anilines is 1. The molecule has 0 N–H and O–H groups in total. The van der Waals surface area contributed by atoms with E-state index in [1.54, 1.807) is 0 Å². The Morgan fingerprint density at radius 1 is 1.00 bits per heavy atom. The summed E-state index contributed by atoms with van der Waals surface area (Å²) in [7, 11) is 0. The summed E-state index contributed by atoms with van der Waals surface area (Å²) in [6, 6.07) is 21.5. The predicted molar refractivity (Wildman–Crippen MR) is 122 cm³/mol. The Morgan fingerprint density at radius 2 is 1.59 bits per heavy atom. The first-order valence-corrected chi connectivity index (χ1v) is 11.2.